The smallest absolute Gasteiger partial charge is 0.253 e. The number of aromatic nitrogens is 1. The Hall–Kier alpha value is -2.07. The summed E-state index contributed by atoms with van der Waals surface area (Å²) in [6.07, 6.45) is 3.41. The number of carbonyl (C=O) groups is 1. The van der Waals surface area contributed by atoms with E-state index in [2.05, 4.69) is 10.3 Å². The summed E-state index contributed by atoms with van der Waals surface area (Å²) < 4.78 is 0. The van der Waals surface area contributed by atoms with E-state index in [-0.39, 0.29) is 11.9 Å². The Morgan fingerprint density at radius 2 is 2.21 bits per heavy atom. The van der Waals surface area contributed by atoms with Crippen molar-refractivity contribution in [3.8, 4) is 0 Å². The van der Waals surface area contributed by atoms with Gasteiger partial charge in [0.1, 0.15) is 0 Å². The van der Waals surface area contributed by atoms with Crippen LogP contribution in [0.2, 0.25) is 5.02 Å². The normalized spacial score (nSPS) is 11.9. The lowest BCUT2D eigenvalue weighted by Crippen LogP contribution is -2.27. The lowest BCUT2D eigenvalue weighted by molar-refractivity contribution is 0.0941. The number of pyridine rings is 1. The summed E-state index contributed by atoms with van der Waals surface area (Å²) in [6, 6.07) is 8.41. The van der Waals surface area contributed by atoms with E-state index >= 15 is 0 Å². The molecule has 2 rings (SSSR count). The first-order valence-electron chi connectivity index (χ1n) is 5.83. The largest absolute Gasteiger partial charge is 0.398 e. The minimum Gasteiger partial charge on any atom is -0.398 e. The van der Waals surface area contributed by atoms with Gasteiger partial charge >= 0.3 is 0 Å². The Morgan fingerprint density at radius 1 is 1.42 bits per heavy atom. The van der Waals surface area contributed by atoms with Crippen LogP contribution in [0, 0.1) is 0 Å². The van der Waals surface area contributed by atoms with Crippen LogP contribution >= 0.6 is 11.6 Å². The van der Waals surface area contributed by atoms with Crippen LogP contribution < -0.4 is 11.1 Å². The van der Waals surface area contributed by atoms with E-state index in [1.165, 1.54) is 0 Å². The number of anilines is 1. The molecule has 1 atom stereocenters. The lowest BCUT2D eigenvalue weighted by atomic mass is 10.1. The number of benzene rings is 1. The van der Waals surface area contributed by atoms with E-state index in [4.69, 9.17) is 17.3 Å². The molecule has 1 aromatic carbocycles. The average molecular weight is 276 g/mol. The zero-order valence-electron chi connectivity index (χ0n) is 10.4. The fourth-order valence-corrected chi connectivity index (χ4v) is 1.91. The molecule has 0 radical (unpaired) electrons. The standard InChI is InChI=1S/C14H14ClN3O/c1-9(10-3-2-6-17-8-10)18-14(19)12-5-4-11(15)7-13(12)16/h2-9H,16H2,1H3,(H,18,19). The minimum atomic E-state index is -0.231. The quantitative estimate of drug-likeness (QED) is 0.847. The molecule has 0 aliphatic rings. The Morgan fingerprint density at radius 3 is 2.84 bits per heavy atom. The summed E-state index contributed by atoms with van der Waals surface area (Å²) in [6.45, 7) is 1.89. The summed E-state index contributed by atoms with van der Waals surface area (Å²) in [7, 11) is 0. The molecule has 1 amide bonds. The van der Waals surface area contributed by atoms with Gasteiger partial charge in [-0.05, 0) is 36.8 Å². The molecule has 19 heavy (non-hydrogen) atoms. The van der Waals surface area contributed by atoms with E-state index in [9.17, 15) is 4.79 Å². The van der Waals surface area contributed by atoms with Gasteiger partial charge in [-0.2, -0.15) is 0 Å². The Labute approximate surface area is 116 Å². The Balaban J connectivity index is 2.13. The number of hydrogen-bond acceptors (Lipinski definition) is 3. The number of nitrogens with two attached hydrogens (primary N) is 1. The van der Waals surface area contributed by atoms with Gasteiger partial charge in [-0.1, -0.05) is 17.7 Å². The molecule has 1 aromatic heterocycles. The monoisotopic (exact) mass is 275 g/mol. The highest BCUT2D eigenvalue weighted by Crippen LogP contribution is 2.19. The van der Waals surface area contributed by atoms with Gasteiger partial charge in [0.2, 0.25) is 0 Å². The Bertz CT molecular complexity index is 586. The van der Waals surface area contributed by atoms with Crippen LogP contribution in [0.15, 0.2) is 42.7 Å². The van der Waals surface area contributed by atoms with Crippen LogP contribution in [0.5, 0.6) is 0 Å². The van der Waals surface area contributed by atoms with Crippen molar-refractivity contribution in [1.29, 1.82) is 0 Å². The van der Waals surface area contributed by atoms with Crippen molar-refractivity contribution in [3.05, 3.63) is 58.9 Å². The fraction of sp³-hybridized carbons (Fsp3) is 0.143. The molecule has 0 aliphatic heterocycles. The van der Waals surface area contributed by atoms with Gasteiger partial charge in [0.25, 0.3) is 5.91 Å². The highest BCUT2D eigenvalue weighted by Gasteiger charge is 2.13. The van der Waals surface area contributed by atoms with Crippen LogP contribution in [0.1, 0.15) is 28.9 Å². The fourth-order valence-electron chi connectivity index (χ4n) is 1.73. The molecule has 0 spiro atoms. The maximum absolute atomic E-state index is 12.1. The Kier molecular flexibility index (Phi) is 4.02. The summed E-state index contributed by atoms with van der Waals surface area (Å²) >= 11 is 5.80. The van der Waals surface area contributed by atoms with E-state index in [0.717, 1.165) is 5.56 Å². The van der Waals surface area contributed by atoms with Crippen molar-refractivity contribution in [2.45, 2.75) is 13.0 Å². The van der Waals surface area contributed by atoms with Gasteiger partial charge in [-0.3, -0.25) is 9.78 Å². The third-order valence-electron chi connectivity index (χ3n) is 2.79. The van der Waals surface area contributed by atoms with E-state index < -0.39 is 0 Å². The topological polar surface area (TPSA) is 68.0 Å². The van der Waals surface area contributed by atoms with Crippen molar-refractivity contribution in [2.24, 2.45) is 0 Å². The number of nitrogens with one attached hydrogen (secondary N) is 1. The van der Waals surface area contributed by atoms with Crippen molar-refractivity contribution >= 4 is 23.2 Å². The van der Waals surface area contributed by atoms with Crippen LogP contribution in [0.3, 0.4) is 0 Å². The molecule has 0 fully saturated rings. The molecule has 3 N–H and O–H groups in total. The second-order valence-corrected chi connectivity index (χ2v) is 4.65. The SMILES string of the molecule is CC(NC(=O)c1ccc(Cl)cc1N)c1cccnc1. The maximum atomic E-state index is 12.1. The van der Waals surface area contributed by atoms with Gasteiger partial charge in [-0.25, -0.2) is 0 Å². The molecular weight excluding hydrogens is 262 g/mol. The molecule has 0 bridgehead atoms. The molecule has 2 aromatic rings. The van der Waals surface area contributed by atoms with Crippen LogP contribution in [-0.4, -0.2) is 10.9 Å². The highest BCUT2D eigenvalue weighted by molar-refractivity contribution is 6.31. The number of carbonyl (C=O) groups excluding carboxylic acids is 1. The van der Waals surface area contributed by atoms with Crippen molar-refractivity contribution in [2.75, 3.05) is 5.73 Å². The first kappa shape index (κ1) is 13.4. The lowest BCUT2D eigenvalue weighted by Gasteiger charge is -2.14. The van der Waals surface area contributed by atoms with Gasteiger partial charge in [-0.15, -0.1) is 0 Å². The first-order chi connectivity index (χ1) is 9.08. The average Bonchev–Trinajstić information content (AvgIpc) is 2.39. The van der Waals surface area contributed by atoms with Crippen LogP contribution in [-0.2, 0) is 0 Å². The van der Waals surface area contributed by atoms with Crippen LogP contribution in [0.25, 0.3) is 0 Å². The van der Waals surface area contributed by atoms with E-state index in [0.29, 0.717) is 16.3 Å². The number of amides is 1. The number of nitrogens with zero attached hydrogens (tertiary/aromatic N) is 1. The third-order valence-corrected chi connectivity index (χ3v) is 3.03. The summed E-state index contributed by atoms with van der Waals surface area (Å²) in [5.41, 5.74) is 7.49. The maximum Gasteiger partial charge on any atom is 0.253 e. The minimum absolute atomic E-state index is 0.142. The van der Waals surface area contributed by atoms with E-state index in [1.54, 1.807) is 30.6 Å². The summed E-state index contributed by atoms with van der Waals surface area (Å²) in [4.78, 5) is 16.1. The number of halogens is 1. The molecule has 98 valence electrons. The predicted octanol–water partition coefficient (Wildman–Crippen LogP) is 2.81. The molecule has 0 saturated carbocycles. The number of rotatable bonds is 3. The summed E-state index contributed by atoms with van der Waals surface area (Å²) in [5, 5.41) is 3.38. The molecule has 0 saturated heterocycles. The molecule has 1 heterocycles. The third kappa shape index (κ3) is 3.23. The molecule has 4 nitrogen and oxygen atoms in total. The zero-order chi connectivity index (χ0) is 13.8. The molecule has 5 heteroatoms. The number of hydrogen-bond donors (Lipinski definition) is 2. The van der Waals surface area contributed by atoms with Gasteiger partial charge < -0.3 is 11.1 Å². The van der Waals surface area contributed by atoms with Gasteiger partial charge in [0.15, 0.2) is 0 Å². The molecular formula is C14H14ClN3O. The summed E-state index contributed by atoms with van der Waals surface area (Å²) in [5.74, 6) is -0.231. The predicted molar refractivity (Wildman–Crippen MR) is 76.0 cm³/mol. The van der Waals surface area contributed by atoms with Gasteiger partial charge in [0.05, 0.1) is 11.6 Å². The van der Waals surface area contributed by atoms with Crippen molar-refractivity contribution in [3.63, 3.8) is 0 Å². The van der Waals surface area contributed by atoms with Crippen molar-refractivity contribution in [1.82, 2.24) is 10.3 Å². The first-order valence-corrected chi connectivity index (χ1v) is 6.21. The van der Waals surface area contributed by atoms with Crippen molar-refractivity contribution < 1.29 is 4.79 Å². The molecule has 1 unspecified atom stereocenters. The van der Waals surface area contributed by atoms with E-state index in [1.807, 2.05) is 19.1 Å². The molecule has 0 aliphatic carbocycles. The number of nitrogen functional groups attached to an aromatic ring is 1. The highest BCUT2D eigenvalue weighted by atomic mass is 35.5. The van der Waals surface area contributed by atoms with Crippen LogP contribution in [0.4, 0.5) is 5.69 Å². The van der Waals surface area contributed by atoms with Gasteiger partial charge in [0, 0.05) is 23.1 Å². The zero-order valence-corrected chi connectivity index (χ0v) is 11.2. The second kappa shape index (κ2) is 5.71. The second-order valence-electron chi connectivity index (χ2n) is 4.21.